The Morgan fingerprint density at radius 3 is 2.25 bits per heavy atom. The molecule has 3 fully saturated rings. The molecule has 0 aromatic heterocycles. The van der Waals surface area contributed by atoms with Crippen LogP contribution in [0, 0.1) is 46.8 Å². The van der Waals surface area contributed by atoms with E-state index in [1.165, 1.54) is 12.8 Å². The smallest absolute Gasteiger partial charge is 0.0274 e. The van der Waals surface area contributed by atoms with Crippen molar-refractivity contribution in [1.82, 2.24) is 0 Å². The summed E-state index contributed by atoms with van der Waals surface area (Å²) < 4.78 is 0. The van der Waals surface area contributed by atoms with E-state index in [2.05, 4.69) is 34.6 Å². The van der Waals surface area contributed by atoms with Crippen LogP contribution in [-0.4, -0.2) is 0 Å². The minimum atomic E-state index is 0.607. The quantitative estimate of drug-likeness (QED) is 0.538. The average molecular weight is 277 g/mol. The Morgan fingerprint density at radius 2 is 1.55 bits per heavy atom. The molecule has 3 aliphatic carbocycles. The highest BCUT2D eigenvalue weighted by Gasteiger charge is 2.51. The molecule has 0 N–H and O–H groups in total. The van der Waals surface area contributed by atoms with E-state index < -0.39 is 0 Å². The van der Waals surface area contributed by atoms with Crippen LogP contribution in [-0.2, 0) is 0 Å². The highest BCUT2D eigenvalue weighted by atomic mass is 14.6. The van der Waals surface area contributed by atoms with Gasteiger partial charge >= 0.3 is 0 Å². The Labute approximate surface area is 127 Å². The lowest BCUT2D eigenvalue weighted by molar-refractivity contribution is -0.0778. The lowest BCUT2D eigenvalue weighted by Gasteiger charge is -2.57. The van der Waals surface area contributed by atoms with Crippen LogP contribution in [0.2, 0.25) is 0 Å². The molecule has 0 aliphatic heterocycles. The first-order chi connectivity index (χ1) is 9.43. The van der Waals surface area contributed by atoms with E-state index in [0.29, 0.717) is 5.41 Å². The third-order valence-corrected chi connectivity index (χ3v) is 8.29. The van der Waals surface area contributed by atoms with Crippen molar-refractivity contribution >= 4 is 0 Å². The summed E-state index contributed by atoms with van der Waals surface area (Å²) in [6.45, 7) is 12.6. The number of hydrogen-bond acceptors (Lipinski definition) is 0. The molecule has 0 radical (unpaired) electrons. The van der Waals surface area contributed by atoms with Crippen molar-refractivity contribution in [3.63, 3.8) is 0 Å². The lowest BCUT2D eigenvalue weighted by Crippen LogP contribution is -2.49. The van der Waals surface area contributed by atoms with Gasteiger partial charge in [0.1, 0.15) is 0 Å². The first-order valence-electron chi connectivity index (χ1n) is 9.43. The predicted octanol–water partition coefficient (Wildman–Crippen LogP) is 6.16. The molecule has 0 saturated heterocycles. The van der Waals surface area contributed by atoms with Crippen molar-refractivity contribution in [3.05, 3.63) is 0 Å². The fourth-order valence-electron chi connectivity index (χ4n) is 6.41. The van der Waals surface area contributed by atoms with Gasteiger partial charge in [0.05, 0.1) is 0 Å². The molecule has 20 heavy (non-hydrogen) atoms. The van der Waals surface area contributed by atoms with Gasteiger partial charge in [-0.2, -0.15) is 0 Å². The Hall–Kier alpha value is 0. The maximum absolute atomic E-state index is 2.60. The first-order valence-corrected chi connectivity index (χ1v) is 9.43. The monoisotopic (exact) mass is 276 g/mol. The SMILES string of the molecule is CC1CCC2C(CCC3C2CCC(C)(C(C)C)C3C)C1. The Balaban J connectivity index is 1.77. The second kappa shape index (κ2) is 5.33. The van der Waals surface area contributed by atoms with Gasteiger partial charge in [-0.15, -0.1) is 0 Å². The number of rotatable bonds is 1. The Kier molecular flexibility index (Phi) is 3.97. The van der Waals surface area contributed by atoms with Gasteiger partial charge in [-0.3, -0.25) is 0 Å². The molecular formula is C20H36. The largest absolute Gasteiger partial charge is 0.0625 e. The van der Waals surface area contributed by atoms with Crippen molar-refractivity contribution in [2.75, 3.05) is 0 Å². The van der Waals surface area contributed by atoms with Crippen LogP contribution in [0.1, 0.15) is 79.6 Å². The zero-order chi connectivity index (χ0) is 14.5. The van der Waals surface area contributed by atoms with Crippen molar-refractivity contribution in [3.8, 4) is 0 Å². The van der Waals surface area contributed by atoms with Gasteiger partial charge in [-0.1, -0.05) is 41.0 Å². The Bertz CT molecular complexity index is 344. The highest BCUT2D eigenvalue weighted by Crippen LogP contribution is 2.59. The van der Waals surface area contributed by atoms with Crippen LogP contribution < -0.4 is 0 Å². The van der Waals surface area contributed by atoms with E-state index in [4.69, 9.17) is 0 Å². The van der Waals surface area contributed by atoms with E-state index in [0.717, 1.165) is 41.4 Å². The van der Waals surface area contributed by atoms with Crippen LogP contribution in [0.5, 0.6) is 0 Å². The van der Waals surface area contributed by atoms with Crippen molar-refractivity contribution in [2.24, 2.45) is 46.8 Å². The van der Waals surface area contributed by atoms with Crippen molar-refractivity contribution in [1.29, 1.82) is 0 Å². The lowest BCUT2D eigenvalue weighted by atomic mass is 9.48. The molecule has 0 amide bonds. The van der Waals surface area contributed by atoms with E-state index in [1.807, 2.05) is 0 Å². The minimum Gasteiger partial charge on any atom is -0.0625 e. The van der Waals surface area contributed by atoms with Crippen molar-refractivity contribution in [2.45, 2.75) is 79.6 Å². The molecule has 116 valence electrons. The van der Waals surface area contributed by atoms with Gasteiger partial charge < -0.3 is 0 Å². The fraction of sp³-hybridized carbons (Fsp3) is 1.00. The average Bonchev–Trinajstić information content (AvgIpc) is 2.42. The highest BCUT2D eigenvalue weighted by molar-refractivity contribution is 5.00. The molecule has 0 nitrogen and oxygen atoms in total. The number of hydrogen-bond donors (Lipinski definition) is 0. The van der Waals surface area contributed by atoms with Crippen LogP contribution in [0.25, 0.3) is 0 Å². The maximum atomic E-state index is 2.60. The number of fused-ring (bicyclic) bond motifs is 3. The molecule has 3 rings (SSSR count). The van der Waals surface area contributed by atoms with Gasteiger partial charge in [0.15, 0.2) is 0 Å². The summed E-state index contributed by atoms with van der Waals surface area (Å²) in [4.78, 5) is 0. The molecule has 7 atom stereocenters. The van der Waals surface area contributed by atoms with Crippen LogP contribution >= 0.6 is 0 Å². The van der Waals surface area contributed by atoms with Crippen LogP contribution in [0.15, 0.2) is 0 Å². The van der Waals surface area contributed by atoms with Gasteiger partial charge in [0, 0.05) is 0 Å². The second-order valence-electron chi connectivity index (χ2n) is 9.24. The standard InChI is InChI=1S/C20H36/c1-13(2)20(5)11-10-19-17(15(20)4)9-7-16-12-14(3)6-8-18(16)19/h13-19H,6-12H2,1-5H3. The minimum absolute atomic E-state index is 0.607. The van der Waals surface area contributed by atoms with Gasteiger partial charge in [-0.05, 0) is 85.4 Å². The molecule has 0 aromatic rings. The summed E-state index contributed by atoms with van der Waals surface area (Å²) in [5, 5.41) is 0. The third-order valence-electron chi connectivity index (χ3n) is 8.29. The summed E-state index contributed by atoms with van der Waals surface area (Å²) >= 11 is 0. The second-order valence-corrected chi connectivity index (χ2v) is 9.24. The van der Waals surface area contributed by atoms with Crippen molar-refractivity contribution < 1.29 is 0 Å². The molecule has 0 heteroatoms. The molecule has 3 saturated carbocycles. The molecular weight excluding hydrogens is 240 g/mol. The van der Waals surface area contributed by atoms with Gasteiger partial charge in [-0.25, -0.2) is 0 Å². The molecule has 0 bridgehead atoms. The summed E-state index contributed by atoms with van der Waals surface area (Å²) in [5.74, 6) is 7.13. The van der Waals surface area contributed by atoms with E-state index in [9.17, 15) is 0 Å². The molecule has 0 aromatic carbocycles. The summed E-state index contributed by atoms with van der Waals surface area (Å²) in [6, 6.07) is 0. The van der Waals surface area contributed by atoms with E-state index in [1.54, 1.807) is 32.1 Å². The fourth-order valence-corrected chi connectivity index (χ4v) is 6.41. The summed E-state index contributed by atoms with van der Waals surface area (Å²) in [6.07, 6.45) is 10.7. The maximum Gasteiger partial charge on any atom is -0.0274 e. The molecule has 0 spiro atoms. The molecule has 7 unspecified atom stereocenters. The third kappa shape index (κ3) is 2.26. The summed E-state index contributed by atoms with van der Waals surface area (Å²) in [7, 11) is 0. The van der Waals surface area contributed by atoms with Crippen LogP contribution in [0.3, 0.4) is 0 Å². The normalized spacial score (nSPS) is 52.5. The Morgan fingerprint density at radius 1 is 0.850 bits per heavy atom. The zero-order valence-corrected chi connectivity index (χ0v) is 14.5. The molecule has 3 aliphatic rings. The van der Waals surface area contributed by atoms with Gasteiger partial charge in [0.25, 0.3) is 0 Å². The summed E-state index contributed by atoms with van der Waals surface area (Å²) in [5.41, 5.74) is 0.607. The molecule has 0 heterocycles. The zero-order valence-electron chi connectivity index (χ0n) is 14.5. The van der Waals surface area contributed by atoms with Crippen LogP contribution in [0.4, 0.5) is 0 Å². The van der Waals surface area contributed by atoms with E-state index in [-0.39, 0.29) is 0 Å². The first kappa shape index (κ1) is 14.9. The van der Waals surface area contributed by atoms with Gasteiger partial charge in [0.2, 0.25) is 0 Å². The predicted molar refractivity (Wildman–Crippen MR) is 87.6 cm³/mol. The van der Waals surface area contributed by atoms with E-state index >= 15 is 0 Å². The topological polar surface area (TPSA) is 0 Å².